The van der Waals surface area contributed by atoms with Crippen LogP contribution in [0.5, 0.6) is 0 Å². The fraction of sp³-hybridized carbons (Fsp3) is 0.846. The monoisotopic (exact) mass is 289 g/mol. The Morgan fingerprint density at radius 3 is 2.10 bits per heavy atom. The second-order valence-electron chi connectivity index (χ2n) is 5.08. The minimum atomic E-state index is -0.990. The van der Waals surface area contributed by atoms with Crippen LogP contribution >= 0.6 is 0 Å². The Morgan fingerprint density at radius 2 is 1.75 bits per heavy atom. The molecule has 0 radical (unpaired) electrons. The minimum absolute atomic E-state index is 0.327. The van der Waals surface area contributed by atoms with Gasteiger partial charge in [0.2, 0.25) is 0 Å². The molecule has 7 nitrogen and oxygen atoms in total. The Morgan fingerprint density at radius 1 is 1.20 bits per heavy atom. The van der Waals surface area contributed by atoms with Crippen LogP contribution in [-0.4, -0.2) is 46.8 Å². The van der Waals surface area contributed by atoms with Gasteiger partial charge < -0.3 is 27.0 Å². The first-order valence-electron chi connectivity index (χ1n) is 7.05. The van der Waals surface area contributed by atoms with Gasteiger partial charge in [0, 0.05) is 6.04 Å². The summed E-state index contributed by atoms with van der Waals surface area (Å²) in [6.07, 6.45) is 6.40. The summed E-state index contributed by atoms with van der Waals surface area (Å²) in [5.74, 6) is -1.74. The van der Waals surface area contributed by atoms with Crippen molar-refractivity contribution in [1.29, 1.82) is 0 Å². The molecular formula is C13H27N3O4. The van der Waals surface area contributed by atoms with Gasteiger partial charge in [0.05, 0.1) is 0 Å². The number of hydrogen-bond acceptors (Lipinski definition) is 5. The molecule has 1 rings (SSSR count). The molecule has 1 aliphatic rings. The van der Waals surface area contributed by atoms with Gasteiger partial charge in [-0.15, -0.1) is 0 Å². The van der Waals surface area contributed by atoms with Crippen LogP contribution in [0, 0.1) is 0 Å². The third-order valence-electron chi connectivity index (χ3n) is 3.26. The summed E-state index contributed by atoms with van der Waals surface area (Å²) in [5.41, 5.74) is 10.1. The van der Waals surface area contributed by atoms with Gasteiger partial charge in [0.15, 0.2) is 0 Å². The predicted octanol–water partition coefficient (Wildman–Crippen LogP) is 0.129. The van der Waals surface area contributed by atoms with Gasteiger partial charge in [0.25, 0.3) is 0 Å². The van der Waals surface area contributed by atoms with E-state index in [1.165, 1.54) is 19.3 Å². The number of carbonyl (C=O) groups is 2. The summed E-state index contributed by atoms with van der Waals surface area (Å²) in [6, 6.07) is -0.752. The average molecular weight is 289 g/mol. The molecule has 0 amide bonds. The first-order valence-corrected chi connectivity index (χ1v) is 7.05. The van der Waals surface area contributed by atoms with Crippen molar-refractivity contribution in [3.8, 4) is 0 Å². The van der Waals surface area contributed by atoms with Gasteiger partial charge in [-0.05, 0) is 32.7 Å². The normalized spacial score (nSPS) is 18.6. The maximum atomic E-state index is 10.5. The highest BCUT2D eigenvalue weighted by atomic mass is 16.4. The number of rotatable bonds is 6. The number of nitrogens with two attached hydrogens (primary N) is 2. The molecule has 0 aliphatic heterocycles. The van der Waals surface area contributed by atoms with Gasteiger partial charge in [0.1, 0.15) is 12.1 Å². The van der Waals surface area contributed by atoms with Gasteiger partial charge in [-0.2, -0.15) is 0 Å². The van der Waals surface area contributed by atoms with Gasteiger partial charge in [-0.1, -0.05) is 19.3 Å². The summed E-state index contributed by atoms with van der Waals surface area (Å²) in [7, 11) is 0. The number of hydrogen-bond donors (Lipinski definition) is 5. The lowest BCUT2D eigenvalue weighted by Crippen LogP contribution is -2.42. The zero-order chi connectivity index (χ0) is 15.5. The first kappa shape index (κ1) is 18.8. The van der Waals surface area contributed by atoms with Crippen molar-refractivity contribution in [1.82, 2.24) is 5.32 Å². The smallest absolute Gasteiger partial charge is 0.320 e. The molecule has 20 heavy (non-hydrogen) atoms. The average Bonchev–Trinajstić information content (AvgIpc) is 2.40. The quantitative estimate of drug-likeness (QED) is 0.468. The maximum absolute atomic E-state index is 10.5. The van der Waals surface area contributed by atoms with E-state index in [-0.39, 0.29) is 0 Å². The molecule has 1 fully saturated rings. The summed E-state index contributed by atoms with van der Waals surface area (Å²) >= 11 is 0. The van der Waals surface area contributed by atoms with Gasteiger partial charge in [-0.25, -0.2) is 0 Å². The highest BCUT2D eigenvalue weighted by Crippen LogP contribution is 2.17. The van der Waals surface area contributed by atoms with Crippen molar-refractivity contribution in [2.24, 2.45) is 11.5 Å². The fourth-order valence-corrected chi connectivity index (χ4v) is 2.00. The first-order chi connectivity index (χ1) is 9.38. The molecule has 118 valence electrons. The van der Waals surface area contributed by atoms with E-state index in [2.05, 4.69) is 5.32 Å². The Kier molecular flexibility index (Phi) is 9.96. The van der Waals surface area contributed by atoms with Gasteiger partial charge in [-0.3, -0.25) is 9.59 Å². The van der Waals surface area contributed by atoms with Crippen molar-refractivity contribution in [3.05, 3.63) is 0 Å². The molecule has 0 bridgehead atoms. The summed E-state index contributed by atoms with van der Waals surface area (Å²) < 4.78 is 0. The Hall–Kier alpha value is -1.18. The molecule has 0 aromatic carbocycles. The highest BCUT2D eigenvalue weighted by molar-refractivity contribution is 5.73. The molecule has 7 N–H and O–H groups in total. The van der Waals surface area contributed by atoms with Crippen LogP contribution in [0.4, 0.5) is 0 Å². The standard InChI is InChI=1S/C9H17NO2.C4H10N2O2/c1-7(9(11)12)10-8-5-3-2-4-6-8;5-2-1-3(6)4(7)8/h7-8,10H,2-6H2,1H3,(H,11,12);3H,1-2,5-6H2,(H,7,8)/t7-;/m0./s1. The van der Waals surface area contributed by atoms with E-state index in [9.17, 15) is 9.59 Å². The fourth-order valence-electron chi connectivity index (χ4n) is 2.00. The number of nitrogens with one attached hydrogen (secondary N) is 1. The molecule has 1 unspecified atom stereocenters. The van der Waals surface area contributed by atoms with Crippen LogP contribution in [-0.2, 0) is 9.59 Å². The van der Waals surface area contributed by atoms with Crippen molar-refractivity contribution < 1.29 is 19.8 Å². The van der Waals surface area contributed by atoms with Crippen LogP contribution in [0.15, 0.2) is 0 Å². The van der Waals surface area contributed by atoms with Crippen molar-refractivity contribution in [2.45, 2.75) is 63.6 Å². The highest BCUT2D eigenvalue weighted by Gasteiger charge is 2.18. The second-order valence-corrected chi connectivity index (χ2v) is 5.08. The SMILES string of the molecule is C[C@H](NC1CCCCC1)C(=O)O.NCCC(N)C(=O)O. The lowest BCUT2D eigenvalue weighted by Gasteiger charge is -2.24. The number of carboxylic acids is 2. The van der Waals surface area contributed by atoms with Crippen molar-refractivity contribution in [2.75, 3.05) is 6.54 Å². The van der Waals surface area contributed by atoms with Crippen LogP contribution in [0.3, 0.4) is 0 Å². The molecule has 0 saturated heterocycles. The molecular weight excluding hydrogens is 262 g/mol. The molecule has 1 saturated carbocycles. The Labute approximate surface area is 119 Å². The van der Waals surface area contributed by atoms with E-state index >= 15 is 0 Å². The van der Waals surface area contributed by atoms with E-state index in [0.717, 1.165) is 12.8 Å². The van der Waals surface area contributed by atoms with E-state index in [1.54, 1.807) is 6.92 Å². The summed E-state index contributed by atoms with van der Waals surface area (Å²) in [5, 5.41) is 19.9. The largest absolute Gasteiger partial charge is 0.480 e. The van der Waals surface area contributed by atoms with Crippen LogP contribution < -0.4 is 16.8 Å². The Balaban J connectivity index is 0.000000396. The Bertz CT molecular complexity index is 293. The molecule has 7 heteroatoms. The van der Waals surface area contributed by atoms with E-state index in [0.29, 0.717) is 19.0 Å². The maximum Gasteiger partial charge on any atom is 0.320 e. The molecule has 0 heterocycles. The van der Waals surface area contributed by atoms with Crippen LogP contribution in [0.2, 0.25) is 0 Å². The van der Waals surface area contributed by atoms with Crippen molar-refractivity contribution in [3.63, 3.8) is 0 Å². The van der Waals surface area contributed by atoms with E-state index in [4.69, 9.17) is 21.7 Å². The van der Waals surface area contributed by atoms with E-state index < -0.39 is 24.0 Å². The molecule has 2 atom stereocenters. The zero-order valence-electron chi connectivity index (χ0n) is 12.0. The zero-order valence-corrected chi connectivity index (χ0v) is 12.0. The molecule has 1 aliphatic carbocycles. The number of aliphatic carboxylic acids is 2. The molecule has 0 aromatic heterocycles. The third-order valence-corrected chi connectivity index (χ3v) is 3.26. The van der Waals surface area contributed by atoms with E-state index in [1.807, 2.05) is 0 Å². The van der Waals surface area contributed by atoms with Crippen LogP contribution in [0.1, 0.15) is 45.4 Å². The molecule has 0 aromatic rings. The lowest BCUT2D eigenvalue weighted by atomic mass is 9.95. The predicted molar refractivity (Wildman–Crippen MR) is 76.4 cm³/mol. The van der Waals surface area contributed by atoms with Crippen LogP contribution in [0.25, 0.3) is 0 Å². The second kappa shape index (κ2) is 10.6. The lowest BCUT2D eigenvalue weighted by molar-refractivity contribution is -0.139. The van der Waals surface area contributed by atoms with Gasteiger partial charge >= 0.3 is 11.9 Å². The van der Waals surface area contributed by atoms with Crippen molar-refractivity contribution >= 4 is 11.9 Å². The topological polar surface area (TPSA) is 139 Å². The summed E-state index contributed by atoms with van der Waals surface area (Å²) in [4.78, 5) is 20.4. The minimum Gasteiger partial charge on any atom is -0.480 e. The summed E-state index contributed by atoms with van der Waals surface area (Å²) in [6.45, 7) is 2.03. The third kappa shape index (κ3) is 8.84. The number of carboxylic acid groups (broad SMARTS) is 2. The molecule has 0 spiro atoms.